The molecular weight excluding hydrogens is 317 g/mol. The lowest BCUT2D eigenvalue weighted by Crippen LogP contribution is -2.44. The van der Waals surface area contributed by atoms with Gasteiger partial charge in [0.2, 0.25) is 5.91 Å². The minimum atomic E-state index is -4.30. The fraction of sp³-hybridized carbons (Fsp3) is 0.611. The summed E-state index contributed by atoms with van der Waals surface area (Å²) >= 11 is 0. The molecule has 2 aliphatic rings. The molecule has 132 valence electrons. The van der Waals surface area contributed by atoms with Crippen LogP contribution in [-0.4, -0.2) is 36.1 Å². The van der Waals surface area contributed by atoms with Crippen molar-refractivity contribution in [2.75, 3.05) is 13.1 Å². The summed E-state index contributed by atoms with van der Waals surface area (Å²) in [6.45, 7) is 0.741. The van der Waals surface area contributed by atoms with Crippen molar-refractivity contribution in [3.8, 4) is 0 Å². The van der Waals surface area contributed by atoms with Gasteiger partial charge >= 0.3 is 6.18 Å². The molecule has 4 atom stereocenters. The molecule has 0 radical (unpaired) electrons. The number of nitrogens with zero attached hydrogens (tertiary/aromatic N) is 1. The molecule has 0 aromatic heterocycles. The topological polar surface area (TPSA) is 46.3 Å². The number of amides is 1. The Kier molecular flexibility index (Phi) is 4.85. The van der Waals surface area contributed by atoms with Gasteiger partial charge < -0.3 is 10.6 Å². The van der Waals surface area contributed by atoms with Gasteiger partial charge in [-0.15, -0.1) is 0 Å². The zero-order valence-corrected chi connectivity index (χ0v) is 13.5. The van der Waals surface area contributed by atoms with Gasteiger partial charge in [-0.1, -0.05) is 43.2 Å². The van der Waals surface area contributed by atoms with Gasteiger partial charge in [-0.05, 0) is 18.4 Å². The predicted octanol–water partition coefficient (Wildman–Crippen LogP) is 3.31. The second kappa shape index (κ2) is 6.75. The third-order valence-corrected chi connectivity index (χ3v) is 5.41. The van der Waals surface area contributed by atoms with Crippen molar-refractivity contribution in [1.82, 2.24) is 4.90 Å². The second-order valence-electron chi connectivity index (χ2n) is 6.96. The summed E-state index contributed by atoms with van der Waals surface area (Å²) in [6.07, 6.45) is -2.70. The SMILES string of the molecule is NC1CN(C(=O)C2CCCCC2C(F)(F)F)CC1c1ccccc1. The minimum Gasteiger partial charge on any atom is -0.340 e. The fourth-order valence-electron chi connectivity index (χ4n) is 4.11. The number of alkyl halides is 3. The van der Waals surface area contributed by atoms with Crippen molar-refractivity contribution < 1.29 is 18.0 Å². The van der Waals surface area contributed by atoms with Crippen molar-refractivity contribution >= 4 is 5.91 Å². The monoisotopic (exact) mass is 340 g/mol. The highest BCUT2D eigenvalue weighted by molar-refractivity contribution is 5.80. The van der Waals surface area contributed by atoms with Crippen LogP contribution >= 0.6 is 0 Å². The molecule has 3 nitrogen and oxygen atoms in total. The molecule has 1 aliphatic carbocycles. The van der Waals surface area contributed by atoms with Crippen LogP contribution in [0.3, 0.4) is 0 Å². The predicted molar refractivity (Wildman–Crippen MR) is 85.2 cm³/mol. The quantitative estimate of drug-likeness (QED) is 0.898. The van der Waals surface area contributed by atoms with Gasteiger partial charge in [-0.25, -0.2) is 0 Å². The van der Waals surface area contributed by atoms with Crippen LogP contribution in [0.25, 0.3) is 0 Å². The molecule has 1 saturated carbocycles. The van der Waals surface area contributed by atoms with Crippen molar-refractivity contribution in [1.29, 1.82) is 0 Å². The molecule has 4 unspecified atom stereocenters. The molecule has 3 rings (SSSR count). The number of likely N-dealkylation sites (tertiary alicyclic amines) is 1. The summed E-state index contributed by atoms with van der Waals surface area (Å²) in [5.74, 6) is -2.83. The molecule has 1 aliphatic heterocycles. The summed E-state index contributed by atoms with van der Waals surface area (Å²) in [7, 11) is 0. The summed E-state index contributed by atoms with van der Waals surface area (Å²) in [5, 5.41) is 0. The van der Waals surface area contributed by atoms with Gasteiger partial charge in [0.05, 0.1) is 5.92 Å². The Bertz CT molecular complexity index is 575. The highest BCUT2D eigenvalue weighted by atomic mass is 19.4. The van der Waals surface area contributed by atoms with Gasteiger partial charge in [0.1, 0.15) is 0 Å². The number of hydrogen-bond acceptors (Lipinski definition) is 2. The zero-order valence-electron chi connectivity index (χ0n) is 13.5. The van der Waals surface area contributed by atoms with E-state index in [0.29, 0.717) is 32.4 Å². The fourth-order valence-corrected chi connectivity index (χ4v) is 4.11. The van der Waals surface area contributed by atoms with Crippen LogP contribution in [0.15, 0.2) is 30.3 Å². The van der Waals surface area contributed by atoms with E-state index < -0.39 is 18.0 Å². The zero-order chi connectivity index (χ0) is 17.3. The third-order valence-electron chi connectivity index (χ3n) is 5.41. The smallest absolute Gasteiger partial charge is 0.340 e. The molecule has 2 N–H and O–H groups in total. The minimum absolute atomic E-state index is 0.0110. The van der Waals surface area contributed by atoms with Crippen molar-refractivity contribution in [2.45, 2.75) is 43.8 Å². The van der Waals surface area contributed by atoms with Gasteiger partial charge in [-0.3, -0.25) is 4.79 Å². The molecule has 1 aromatic carbocycles. The maximum atomic E-state index is 13.3. The van der Waals surface area contributed by atoms with Gasteiger partial charge in [0.25, 0.3) is 0 Å². The Hall–Kier alpha value is -1.56. The van der Waals surface area contributed by atoms with Crippen LogP contribution in [0, 0.1) is 11.8 Å². The molecule has 1 heterocycles. The summed E-state index contributed by atoms with van der Waals surface area (Å²) in [6, 6.07) is 9.41. The van der Waals surface area contributed by atoms with E-state index in [1.54, 1.807) is 4.90 Å². The normalized spacial score (nSPS) is 31.2. The number of nitrogens with two attached hydrogens (primary N) is 1. The number of hydrogen-bond donors (Lipinski definition) is 1. The van der Waals surface area contributed by atoms with Crippen LogP contribution in [0.1, 0.15) is 37.2 Å². The first kappa shape index (κ1) is 17.3. The number of rotatable bonds is 2. The van der Waals surface area contributed by atoms with E-state index >= 15 is 0 Å². The average Bonchev–Trinajstić information content (AvgIpc) is 2.96. The molecule has 1 aromatic rings. The Labute approximate surface area is 140 Å². The summed E-state index contributed by atoms with van der Waals surface area (Å²) in [4.78, 5) is 14.3. The Morgan fingerprint density at radius 1 is 1.08 bits per heavy atom. The van der Waals surface area contributed by atoms with Gasteiger partial charge in [0.15, 0.2) is 0 Å². The van der Waals surface area contributed by atoms with E-state index in [1.807, 2.05) is 30.3 Å². The Morgan fingerprint density at radius 3 is 2.42 bits per heavy atom. The lowest BCUT2D eigenvalue weighted by Gasteiger charge is -2.34. The first-order valence-electron chi connectivity index (χ1n) is 8.54. The van der Waals surface area contributed by atoms with E-state index in [0.717, 1.165) is 5.56 Å². The van der Waals surface area contributed by atoms with E-state index in [2.05, 4.69) is 0 Å². The lowest BCUT2D eigenvalue weighted by atomic mass is 9.78. The molecular formula is C18H23F3N2O. The summed E-state index contributed by atoms with van der Waals surface area (Å²) < 4.78 is 39.8. The van der Waals surface area contributed by atoms with Crippen molar-refractivity contribution in [3.63, 3.8) is 0 Å². The average molecular weight is 340 g/mol. The summed E-state index contributed by atoms with van der Waals surface area (Å²) in [5.41, 5.74) is 7.21. The van der Waals surface area contributed by atoms with Gasteiger partial charge in [0, 0.05) is 31.0 Å². The maximum absolute atomic E-state index is 13.3. The third kappa shape index (κ3) is 3.43. The Balaban J connectivity index is 1.73. The largest absolute Gasteiger partial charge is 0.392 e. The number of carbonyl (C=O) groups is 1. The second-order valence-corrected chi connectivity index (χ2v) is 6.96. The van der Waals surface area contributed by atoms with E-state index in [9.17, 15) is 18.0 Å². The molecule has 24 heavy (non-hydrogen) atoms. The van der Waals surface area contributed by atoms with E-state index in [4.69, 9.17) is 5.73 Å². The molecule has 2 fully saturated rings. The Morgan fingerprint density at radius 2 is 1.75 bits per heavy atom. The molecule has 1 amide bonds. The first-order valence-corrected chi connectivity index (χ1v) is 8.54. The molecule has 6 heteroatoms. The molecule has 0 spiro atoms. The number of benzene rings is 1. The lowest BCUT2D eigenvalue weighted by molar-refractivity contribution is -0.200. The van der Waals surface area contributed by atoms with Crippen LogP contribution in [0.2, 0.25) is 0 Å². The molecule has 0 bridgehead atoms. The van der Waals surface area contributed by atoms with Gasteiger partial charge in [-0.2, -0.15) is 13.2 Å². The van der Waals surface area contributed by atoms with Crippen LogP contribution in [-0.2, 0) is 4.79 Å². The standard InChI is InChI=1S/C18H23F3N2O/c19-18(20,21)15-9-5-4-8-13(15)17(24)23-10-14(16(22)11-23)12-6-2-1-3-7-12/h1-3,6-7,13-16H,4-5,8-11,22H2. The van der Waals surface area contributed by atoms with E-state index in [1.165, 1.54) is 0 Å². The highest BCUT2D eigenvalue weighted by Crippen LogP contribution is 2.43. The number of halogens is 3. The number of carbonyl (C=O) groups excluding carboxylic acids is 1. The highest BCUT2D eigenvalue weighted by Gasteiger charge is 2.50. The van der Waals surface area contributed by atoms with E-state index in [-0.39, 0.29) is 24.3 Å². The van der Waals surface area contributed by atoms with Crippen molar-refractivity contribution in [3.05, 3.63) is 35.9 Å². The maximum Gasteiger partial charge on any atom is 0.392 e. The van der Waals surface area contributed by atoms with Crippen LogP contribution in [0.5, 0.6) is 0 Å². The van der Waals surface area contributed by atoms with Crippen molar-refractivity contribution in [2.24, 2.45) is 17.6 Å². The van der Waals surface area contributed by atoms with Crippen LogP contribution < -0.4 is 5.73 Å². The molecule has 1 saturated heterocycles. The first-order chi connectivity index (χ1) is 11.4. The van der Waals surface area contributed by atoms with Crippen LogP contribution in [0.4, 0.5) is 13.2 Å².